The summed E-state index contributed by atoms with van der Waals surface area (Å²) < 4.78 is 23.6. The van der Waals surface area contributed by atoms with Gasteiger partial charge >= 0.3 is 0 Å². The fraction of sp³-hybridized carbons (Fsp3) is 0.375. The Hall–Kier alpha value is -1.99. The summed E-state index contributed by atoms with van der Waals surface area (Å²) in [6, 6.07) is 7.32. The highest BCUT2D eigenvalue weighted by atomic mass is 32.2. The van der Waals surface area contributed by atoms with E-state index >= 15 is 0 Å². The molecule has 1 aliphatic carbocycles. The van der Waals surface area contributed by atoms with Crippen LogP contribution in [0.2, 0.25) is 0 Å². The Balaban J connectivity index is 1.93. The first-order valence-electron chi connectivity index (χ1n) is 7.69. The van der Waals surface area contributed by atoms with Crippen LogP contribution in [0.15, 0.2) is 41.6 Å². The lowest BCUT2D eigenvalue weighted by molar-refractivity contribution is 0.602. The van der Waals surface area contributed by atoms with Gasteiger partial charge in [-0.1, -0.05) is 0 Å². The van der Waals surface area contributed by atoms with Crippen LogP contribution in [0.5, 0.6) is 0 Å². The van der Waals surface area contributed by atoms with Crippen LogP contribution < -0.4 is 16.4 Å². The van der Waals surface area contributed by atoms with Gasteiger partial charge in [0.05, 0.1) is 22.0 Å². The first kappa shape index (κ1) is 15.9. The maximum Gasteiger partial charge on any atom is 0.175 e. The minimum absolute atomic E-state index is 0.129. The van der Waals surface area contributed by atoms with E-state index in [9.17, 15) is 8.42 Å². The van der Waals surface area contributed by atoms with Gasteiger partial charge in [-0.15, -0.1) is 0 Å². The second kappa shape index (κ2) is 6.25. The van der Waals surface area contributed by atoms with Gasteiger partial charge in [0, 0.05) is 30.7 Å². The van der Waals surface area contributed by atoms with E-state index in [0.29, 0.717) is 0 Å². The average Bonchev–Trinajstić information content (AvgIpc) is 3.12. The quantitative estimate of drug-likeness (QED) is 0.673. The highest BCUT2D eigenvalue weighted by Crippen LogP contribution is 2.31. The molecule has 2 atom stereocenters. The van der Waals surface area contributed by atoms with Crippen molar-refractivity contribution in [2.45, 2.75) is 36.2 Å². The predicted molar refractivity (Wildman–Crippen MR) is 92.9 cm³/mol. The highest BCUT2D eigenvalue weighted by Gasteiger charge is 2.24. The molecule has 3 rings (SSSR count). The number of H-pyrrole nitrogens is 1. The summed E-state index contributed by atoms with van der Waals surface area (Å²) in [7, 11) is -3.26. The normalized spacial score (nSPS) is 21.3. The highest BCUT2D eigenvalue weighted by molar-refractivity contribution is 7.90. The molecule has 1 heterocycles. The van der Waals surface area contributed by atoms with Crippen molar-refractivity contribution in [1.29, 1.82) is 0 Å². The van der Waals surface area contributed by atoms with E-state index in [1.165, 1.54) is 6.26 Å². The number of rotatable bonds is 5. The first-order valence-corrected chi connectivity index (χ1v) is 9.59. The Bertz CT molecular complexity index is 771. The number of aromatic nitrogens is 1. The van der Waals surface area contributed by atoms with E-state index < -0.39 is 9.84 Å². The summed E-state index contributed by atoms with van der Waals surface area (Å²) in [5.41, 5.74) is 8.59. The number of hydrogen-bond donors (Lipinski definition) is 4. The molecule has 6 nitrogen and oxygen atoms in total. The van der Waals surface area contributed by atoms with E-state index in [-0.39, 0.29) is 17.0 Å². The number of nitrogens with one attached hydrogen (secondary N) is 3. The fourth-order valence-corrected chi connectivity index (χ4v) is 3.56. The van der Waals surface area contributed by atoms with Crippen LogP contribution in [0.4, 0.5) is 17.1 Å². The van der Waals surface area contributed by atoms with Crippen LogP contribution in [0, 0.1) is 0 Å². The number of aromatic amines is 1. The van der Waals surface area contributed by atoms with Crippen molar-refractivity contribution in [3.05, 3.63) is 36.7 Å². The van der Waals surface area contributed by atoms with Gasteiger partial charge in [-0.3, -0.25) is 0 Å². The molecule has 7 heteroatoms. The van der Waals surface area contributed by atoms with Crippen molar-refractivity contribution in [2.75, 3.05) is 16.9 Å². The van der Waals surface area contributed by atoms with E-state index in [2.05, 4.69) is 15.6 Å². The Kier molecular flexibility index (Phi) is 4.32. The van der Waals surface area contributed by atoms with Gasteiger partial charge < -0.3 is 21.4 Å². The molecular formula is C16H22N4O2S. The Morgan fingerprint density at radius 2 is 2.04 bits per heavy atom. The Morgan fingerprint density at radius 1 is 1.22 bits per heavy atom. The molecule has 1 aromatic carbocycles. The number of sulfone groups is 1. The molecule has 2 aromatic rings. The van der Waals surface area contributed by atoms with E-state index in [4.69, 9.17) is 5.73 Å². The maximum atomic E-state index is 11.8. The third-order valence-electron chi connectivity index (χ3n) is 4.21. The molecule has 23 heavy (non-hydrogen) atoms. The van der Waals surface area contributed by atoms with Gasteiger partial charge in [0.2, 0.25) is 0 Å². The summed E-state index contributed by atoms with van der Waals surface area (Å²) >= 11 is 0. The molecule has 1 aliphatic rings. The monoisotopic (exact) mass is 334 g/mol. The molecule has 124 valence electrons. The number of anilines is 3. The van der Waals surface area contributed by atoms with E-state index in [1.54, 1.807) is 18.2 Å². The third kappa shape index (κ3) is 3.68. The largest absolute Gasteiger partial charge is 0.379 e. The van der Waals surface area contributed by atoms with Crippen LogP contribution in [-0.2, 0) is 9.84 Å². The summed E-state index contributed by atoms with van der Waals surface area (Å²) in [5, 5.41) is 6.71. The van der Waals surface area contributed by atoms with Crippen molar-refractivity contribution < 1.29 is 8.42 Å². The lowest BCUT2D eigenvalue weighted by atomic mass is 10.1. The van der Waals surface area contributed by atoms with Gasteiger partial charge in [0.1, 0.15) is 0 Å². The van der Waals surface area contributed by atoms with Crippen molar-refractivity contribution in [2.24, 2.45) is 5.73 Å². The number of benzene rings is 1. The Morgan fingerprint density at radius 3 is 2.65 bits per heavy atom. The third-order valence-corrected chi connectivity index (χ3v) is 5.32. The summed E-state index contributed by atoms with van der Waals surface area (Å²) in [6.07, 6.45) is 7.99. The average molecular weight is 334 g/mol. The summed E-state index contributed by atoms with van der Waals surface area (Å²) in [6.45, 7) is 0. The molecule has 0 unspecified atom stereocenters. The van der Waals surface area contributed by atoms with Crippen LogP contribution in [0.1, 0.15) is 19.3 Å². The van der Waals surface area contributed by atoms with Crippen LogP contribution in [0.25, 0.3) is 0 Å². The zero-order valence-corrected chi connectivity index (χ0v) is 13.9. The molecule has 0 amide bonds. The van der Waals surface area contributed by atoms with Gasteiger partial charge in [-0.2, -0.15) is 0 Å². The second-order valence-corrected chi connectivity index (χ2v) is 8.07. The van der Waals surface area contributed by atoms with E-state index in [1.807, 2.05) is 18.5 Å². The second-order valence-electron chi connectivity index (χ2n) is 6.05. The van der Waals surface area contributed by atoms with Crippen molar-refractivity contribution in [3.8, 4) is 0 Å². The van der Waals surface area contributed by atoms with Crippen molar-refractivity contribution in [3.63, 3.8) is 0 Å². The molecular weight excluding hydrogens is 312 g/mol. The molecule has 1 fully saturated rings. The van der Waals surface area contributed by atoms with Crippen LogP contribution in [0.3, 0.4) is 0 Å². The zero-order valence-electron chi connectivity index (χ0n) is 13.0. The van der Waals surface area contributed by atoms with Crippen molar-refractivity contribution >= 4 is 26.9 Å². The molecule has 0 spiro atoms. The molecule has 0 aliphatic heterocycles. The minimum atomic E-state index is -3.26. The predicted octanol–water partition coefficient (Wildman–Crippen LogP) is 2.45. The molecule has 0 radical (unpaired) electrons. The zero-order chi connectivity index (χ0) is 16.4. The standard InChI is InChI=1S/C16H22N4O2S/c1-23(21,22)12-5-6-15(20-14-4-2-3-13(14)17)16(9-12)19-11-7-8-18-10-11/h5-10,13-14,18-20H,2-4,17H2,1H3/t13-,14+/m0/s1. The van der Waals surface area contributed by atoms with Crippen molar-refractivity contribution in [1.82, 2.24) is 4.98 Å². The topological polar surface area (TPSA) is 100 Å². The van der Waals surface area contributed by atoms with Gasteiger partial charge in [0.25, 0.3) is 0 Å². The lowest BCUT2D eigenvalue weighted by Crippen LogP contribution is -2.35. The van der Waals surface area contributed by atoms with Gasteiger partial charge in [-0.05, 0) is 43.5 Å². The fourth-order valence-electron chi connectivity index (χ4n) is 2.91. The molecule has 5 N–H and O–H groups in total. The lowest BCUT2D eigenvalue weighted by Gasteiger charge is -2.21. The molecule has 0 saturated heterocycles. The molecule has 0 bridgehead atoms. The number of nitrogens with two attached hydrogens (primary N) is 1. The van der Waals surface area contributed by atoms with Crippen LogP contribution in [-0.4, -0.2) is 31.7 Å². The smallest absolute Gasteiger partial charge is 0.175 e. The Labute approximate surface area is 136 Å². The van der Waals surface area contributed by atoms with Gasteiger partial charge in [-0.25, -0.2) is 8.42 Å². The molecule has 1 saturated carbocycles. The minimum Gasteiger partial charge on any atom is -0.379 e. The summed E-state index contributed by atoms with van der Waals surface area (Å²) in [4.78, 5) is 3.26. The maximum absolute atomic E-state index is 11.8. The van der Waals surface area contributed by atoms with Gasteiger partial charge in [0.15, 0.2) is 9.84 Å². The SMILES string of the molecule is CS(=O)(=O)c1ccc(N[C@@H]2CCC[C@@H]2N)c(Nc2cc[nH]c2)c1. The van der Waals surface area contributed by atoms with Crippen LogP contribution >= 0.6 is 0 Å². The molecule has 1 aromatic heterocycles. The first-order chi connectivity index (χ1) is 10.9. The summed E-state index contributed by atoms with van der Waals surface area (Å²) in [5.74, 6) is 0. The number of hydrogen-bond acceptors (Lipinski definition) is 5. The van der Waals surface area contributed by atoms with E-state index in [0.717, 1.165) is 36.3 Å².